The molecule has 0 N–H and O–H groups in total. The second-order valence-corrected chi connectivity index (χ2v) is 7.84. The number of hydrogen-bond donors (Lipinski definition) is 0. The quantitative estimate of drug-likeness (QED) is 0.472. The largest absolute Gasteiger partial charge is 0.0846 e. The highest BCUT2D eigenvalue weighted by Gasteiger charge is 2.41. The zero-order chi connectivity index (χ0) is 14.6. The molecule has 1 rings (SSSR count). The molecule has 1 aliphatic carbocycles. The highest BCUT2D eigenvalue weighted by atomic mass is 14.5. The average molecular weight is 264 g/mol. The highest BCUT2D eigenvalue weighted by molar-refractivity contribution is 5.05. The molecule has 0 aromatic carbocycles. The maximum atomic E-state index is 2.55. The van der Waals surface area contributed by atoms with E-state index >= 15 is 0 Å². The maximum absolute atomic E-state index is 2.55. The minimum Gasteiger partial charge on any atom is -0.0846 e. The van der Waals surface area contributed by atoms with E-state index in [1.807, 2.05) is 0 Å². The zero-order valence-corrected chi connectivity index (χ0v) is 14.4. The second kappa shape index (κ2) is 6.95. The molecule has 0 amide bonds. The van der Waals surface area contributed by atoms with Gasteiger partial charge in [-0.2, -0.15) is 0 Å². The number of allylic oxidation sites excluding steroid dienone is 2. The first-order valence-corrected chi connectivity index (χ1v) is 8.51. The van der Waals surface area contributed by atoms with E-state index in [0.29, 0.717) is 5.41 Å². The predicted octanol–water partition coefficient (Wildman–Crippen LogP) is 6.32. The standard InChI is InChI=1S/C19H36/c1-8-11-19(6,7)12-10-16-13-18(17(16)9-2)15(5)14(3)4/h10,12,14-18H,8-9,11,13H2,1-7H3. The summed E-state index contributed by atoms with van der Waals surface area (Å²) in [6.45, 7) is 16.6. The monoisotopic (exact) mass is 264 g/mol. The van der Waals surface area contributed by atoms with Crippen LogP contribution >= 0.6 is 0 Å². The van der Waals surface area contributed by atoms with Crippen LogP contribution in [0.15, 0.2) is 12.2 Å². The fraction of sp³-hybridized carbons (Fsp3) is 0.895. The lowest BCUT2D eigenvalue weighted by Gasteiger charge is -2.48. The molecule has 0 heteroatoms. The molecule has 0 aromatic rings. The van der Waals surface area contributed by atoms with Gasteiger partial charge in [0.15, 0.2) is 0 Å². The molecule has 0 aromatic heterocycles. The Morgan fingerprint density at radius 3 is 2.26 bits per heavy atom. The van der Waals surface area contributed by atoms with E-state index in [-0.39, 0.29) is 0 Å². The van der Waals surface area contributed by atoms with Crippen molar-refractivity contribution in [2.75, 3.05) is 0 Å². The molecule has 112 valence electrons. The molecule has 0 saturated heterocycles. The average Bonchev–Trinajstić information content (AvgIpc) is 2.27. The van der Waals surface area contributed by atoms with E-state index in [1.54, 1.807) is 0 Å². The minimum atomic E-state index is 0.391. The van der Waals surface area contributed by atoms with Gasteiger partial charge in [-0.3, -0.25) is 0 Å². The molecule has 4 unspecified atom stereocenters. The lowest BCUT2D eigenvalue weighted by Crippen LogP contribution is -2.40. The summed E-state index contributed by atoms with van der Waals surface area (Å²) < 4.78 is 0. The normalized spacial score (nSPS) is 29.8. The topological polar surface area (TPSA) is 0 Å². The Bertz CT molecular complexity index is 284. The fourth-order valence-electron chi connectivity index (χ4n) is 3.82. The van der Waals surface area contributed by atoms with Crippen molar-refractivity contribution in [1.82, 2.24) is 0 Å². The van der Waals surface area contributed by atoms with Crippen LogP contribution in [-0.4, -0.2) is 0 Å². The van der Waals surface area contributed by atoms with Gasteiger partial charge in [0.1, 0.15) is 0 Å². The summed E-state index contributed by atoms with van der Waals surface area (Å²) in [6.07, 6.45) is 10.4. The van der Waals surface area contributed by atoms with E-state index < -0.39 is 0 Å². The van der Waals surface area contributed by atoms with Crippen molar-refractivity contribution in [2.45, 2.75) is 74.1 Å². The van der Waals surface area contributed by atoms with Gasteiger partial charge < -0.3 is 0 Å². The molecule has 1 aliphatic rings. The molecule has 4 atom stereocenters. The van der Waals surface area contributed by atoms with Gasteiger partial charge in [0.25, 0.3) is 0 Å². The molecule has 0 nitrogen and oxygen atoms in total. The van der Waals surface area contributed by atoms with Gasteiger partial charge in [-0.1, -0.05) is 73.5 Å². The third kappa shape index (κ3) is 4.36. The lowest BCUT2D eigenvalue weighted by molar-refractivity contribution is 0.0359. The summed E-state index contributed by atoms with van der Waals surface area (Å²) in [5.74, 6) is 4.48. The van der Waals surface area contributed by atoms with Crippen LogP contribution in [0.3, 0.4) is 0 Å². The molecule has 0 aliphatic heterocycles. The van der Waals surface area contributed by atoms with Crippen LogP contribution in [0.4, 0.5) is 0 Å². The smallest absolute Gasteiger partial charge is 0.0175 e. The third-order valence-electron chi connectivity index (χ3n) is 5.53. The van der Waals surface area contributed by atoms with Crippen molar-refractivity contribution in [2.24, 2.45) is 35.0 Å². The summed E-state index contributed by atoms with van der Waals surface area (Å²) in [5.41, 5.74) is 0.391. The van der Waals surface area contributed by atoms with Gasteiger partial charge >= 0.3 is 0 Å². The van der Waals surface area contributed by atoms with E-state index in [1.165, 1.54) is 25.7 Å². The second-order valence-electron chi connectivity index (χ2n) is 7.84. The van der Waals surface area contributed by atoms with Crippen LogP contribution in [0.5, 0.6) is 0 Å². The van der Waals surface area contributed by atoms with E-state index in [0.717, 1.165) is 29.6 Å². The summed E-state index contributed by atoms with van der Waals surface area (Å²) >= 11 is 0. The molecule has 0 spiro atoms. The van der Waals surface area contributed by atoms with Gasteiger partial charge in [0.2, 0.25) is 0 Å². The van der Waals surface area contributed by atoms with Gasteiger partial charge in [-0.15, -0.1) is 0 Å². The predicted molar refractivity (Wildman–Crippen MR) is 87.2 cm³/mol. The van der Waals surface area contributed by atoms with Gasteiger partial charge in [0, 0.05) is 0 Å². The van der Waals surface area contributed by atoms with Crippen molar-refractivity contribution < 1.29 is 0 Å². The SMILES string of the molecule is CCCC(C)(C)C=CC1CC(C(C)C(C)C)C1CC. The van der Waals surface area contributed by atoms with Gasteiger partial charge in [0.05, 0.1) is 0 Å². The van der Waals surface area contributed by atoms with Crippen molar-refractivity contribution in [1.29, 1.82) is 0 Å². The van der Waals surface area contributed by atoms with E-state index in [4.69, 9.17) is 0 Å². The summed E-state index contributed by atoms with van der Waals surface area (Å²) in [4.78, 5) is 0. The molecular formula is C19H36. The Kier molecular flexibility index (Phi) is 6.15. The molecule has 19 heavy (non-hydrogen) atoms. The van der Waals surface area contributed by atoms with Crippen molar-refractivity contribution in [3.05, 3.63) is 12.2 Å². The fourth-order valence-corrected chi connectivity index (χ4v) is 3.82. The minimum absolute atomic E-state index is 0.391. The Morgan fingerprint density at radius 1 is 1.16 bits per heavy atom. The Balaban J connectivity index is 2.57. The third-order valence-corrected chi connectivity index (χ3v) is 5.53. The molecule has 1 fully saturated rings. The molecule has 1 saturated carbocycles. The van der Waals surface area contributed by atoms with Gasteiger partial charge in [-0.25, -0.2) is 0 Å². The summed E-state index contributed by atoms with van der Waals surface area (Å²) in [7, 11) is 0. The Hall–Kier alpha value is -0.260. The number of hydrogen-bond acceptors (Lipinski definition) is 0. The van der Waals surface area contributed by atoms with Crippen LogP contribution < -0.4 is 0 Å². The van der Waals surface area contributed by atoms with Crippen molar-refractivity contribution in [3.63, 3.8) is 0 Å². The lowest BCUT2D eigenvalue weighted by atomic mass is 9.57. The van der Waals surface area contributed by atoms with Crippen LogP contribution in [0.25, 0.3) is 0 Å². The van der Waals surface area contributed by atoms with Crippen molar-refractivity contribution in [3.8, 4) is 0 Å². The molecule has 0 heterocycles. The maximum Gasteiger partial charge on any atom is -0.0175 e. The van der Waals surface area contributed by atoms with Crippen LogP contribution in [0.2, 0.25) is 0 Å². The molecule has 0 radical (unpaired) electrons. The van der Waals surface area contributed by atoms with Gasteiger partial charge in [-0.05, 0) is 47.8 Å². The molecule has 0 bridgehead atoms. The van der Waals surface area contributed by atoms with Crippen LogP contribution in [0.1, 0.15) is 74.1 Å². The van der Waals surface area contributed by atoms with Crippen molar-refractivity contribution >= 4 is 0 Å². The summed E-state index contributed by atoms with van der Waals surface area (Å²) in [5, 5.41) is 0. The van der Waals surface area contributed by atoms with E-state index in [2.05, 4.69) is 60.6 Å². The van der Waals surface area contributed by atoms with E-state index in [9.17, 15) is 0 Å². The first-order chi connectivity index (χ1) is 8.82. The Labute approximate surface area is 122 Å². The first-order valence-electron chi connectivity index (χ1n) is 8.51. The van der Waals surface area contributed by atoms with Crippen LogP contribution in [0, 0.1) is 35.0 Å². The highest BCUT2D eigenvalue weighted by Crippen LogP contribution is 2.49. The van der Waals surface area contributed by atoms with Crippen LogP contribution in [-0.2, 0) is 0 Å². The molecular weight excluding hydrogens is 228 g/mol. The number of rotatable bonds is 7. The zero-order valence-electron chi connectivity index (χ0n) is 14.4. The summed E-state index contributed by atoms with van der Waals surface area (Å²) in [6, 6.07) is 0. The first kappa shape index (κ1) is 16.8. The Morgan fingerprint density at radius 2 is 1.79 bits per heavy atom.